The van der Waals surface area contributed by atoms with Crippen LogP contribution in [-0.4, -0.2) is 47.4 Å². The van der Waals surface area contributed by atoms with Gasteiger partial charge in [-0.15, -0.1) is 0 Å². The lowest BCUT2D eigenvalue weighted by Crippen LogP contribution is -2.44. The molecule has 0 unspecified atom stereocenters. The third-order valence-electron chi connectivity index (χ3n) is 4.05. The topological polar surface area (TPSA) is 51.4 Å². The number of hydrogen-bond acceptors (Lipinski definition) is 5. The molecule has 2 saturated heterocycles. The molecule has 0 radical (unpaired) electrons. The molecule has 5 nitrogen and oxygen atoms in total. The van der Waals surface area contributed by atoms with Crippen LogP contribution in [0.3, 0.4) is 0 Å². The number of nitrogens with zero attached hydrogens (tertiary/aromatic N) is 3. The molecule has 1 aromatic heterocycles. The van der Waals surface area contributed by atoms with Gasteiger partial charge in [0.2, 0.25) is 5.89 Å². The second-order valence-electron chi connectivity index (χ2n) is 5.36. The molecule has 1 atom stereocenters. The van der Waals surface area contributed by atoms with Gasteiger partial charge in [0, 0.05) is 25.8 Å². The van der Waals surface area contributed by atoms with Gasteiger partial charge in [-0.25, -0.2) is 0 Å². The molecular weight excluding hydrogens is 230 g/mol. The van der Waals surface area contributed by atoms with E-state index in [2.05, 4.69) is 15.0 Å². The van der Waals surface area contributed by atoms with E-state index in [1.54, 1.807) is 0 Å². The molecule has 100 valence electrons. The molecule has 0 N–H and O–H groups in total. The molecule has 1 aromatic rings. The zero-order valence-electron chi connectivity index (χ0n) is 11.0. The van der Waals surface area contributed by atoms with Crippen LogP contribution in [0.4, 0.5) is 0 Å². The molecule has 3 heterocycles. The highest BCUT2D eigenvalue weighted by molar-refractivity contribution is 4.97. The number of aryl methyl sites for hydroxylation is 1. The Kier molecular flexibility index (Phi) is 3.61. The fourth-order valence-corrected chi connectivity index (χ4v) is 3.07. The number of aromatic nitrogens is 2. The van der Waals surface area contributed by atoms with E-state index >= 15 is 0 Å². The molecule has 5 heteroatoms. The Morgan fingerprint density at radius 1 is 1.22 bits per heavy atom. The van der Waals surface area contributed by atoms with Gasteiger partial charge >= 0.3 is 0 Å². The van der Waals surface area contributed by atoms with Crippen LogP contribution in [0.25, 0.3) is 0 Å². The van der Waals surface area contributed by atoms with Crippen LogP contribution in [0, 0.1) is 6.92 Å². The van der Waals surface area contributed by atoms with Crippen molar-refractivity contribution in [2.45, 2.75) is 44.6 Å². The highest BCUT2D eigenvalue weighted by atomic mass is 16.5. The number of ether oxygens (including phenoxy) is 1. The van der Waals surface area contributed by atoms with Crippen LogP contribution < -0.4 is 0 Å². The first-order valence-electron chi connectivity index (χ1n) is 6.95. The van der Waals surface area contributed by atoms with E-state index in [0.29, 0.717) is 12.0 Å². The lowest BCUT2D eigenvalue weighted by atomic mass is 9.95. The van der Waals surface area contributed by atoms with Gasteiger partial charge in [0.25, 0.3) is 0 Å². The zero-order valence-corrected chi connectivity index (χ0v) is 11.0. The number of likely N-dealkylation sites (tertiary alicyclic amines) is 1. The highest BCUT2D eigenvalue weighted by Crippen LogP contribution is 2.28. The maximum absolute atomic E-state index is 5.44. The minimum absolute atomic E-state index is 0.419. The van der Waals surface area contributed by atoms with Gasteiger partial charge in [0.05, 0.1) is 5.92 Å². The minimum atomic E-state index is 0.419. The lowest BCUT2D eigenvalue weighted by Gasteiger charge is -2.38. The summed E-state index contributed by atoms with van der Waals surface area (Å²) in [5.74, 6) is 1.99. The van der Waals surface area contributed by atoms with Crippen LogP contribution in [0.15, 0.2) is 4.52 Å². The van der Waals surface area contributed by atoms with Crippen LogP contribution in [0.1, 0.15) is 43.3 Å². The molecule has 0 spiro atoms. The Morgan fingerprint density at radius 3 is 2.78 bits per heavy atom. The second kappa shape index (κ2) is 5.36. The van der Waals surface area contributed by atoms with Gasteiger partial charge in [-0.2, -0.15) is 4.98 Å². The summed E-state index contributed by atoms with van der Waals surface area (Å²) in [6, 6.07) is 0.686. The largest absolute Gasteiger partial charge is 0.381 e. The quantitative estimate of drug-likeness (QED) is 0.801. The lowest BCUT2D eigenvalue weighted by molar-refractivity contribution is 0.0221. The van der Waals surface area contributed by atoms with E-state index in [4.69, 9.17) is 9.26 Å². The minimum Gasteiger partial charge on any atom is -0.381 e. The molecule has 2 aliphatic rings. The van der Waals surface area contributed by atoms with Gasteiger partial charge in [-0.3, -0.25) is 4.90 Å². The van der Waals surface area contributed by atoms with E-state index in [1.165, 1.54) is 19.4 Å². The van der Waals surface area contributed by atoms with E-state index in [0.717, 1.165) is 44.3 Å². The van der Waals surface area contributed by atoms with Crippen LogP contribution in [0.2, 0.25) is 0 Å². The number of piperidine rings is 1. The molecule has 0 saturated carbocycles. The molecule has 2 fully saturated rings. The average molecular weight is 251 g/mol. The Hall–Kier alpha value is -0.940. The van der Waals surface area contributed by atoms with Crippen molar-refractivity contribution >= 4 is 0 Å². The molecule has 0 aromatic carbocycles. The maximum Gasteiger partial charge on any atom is 0.231 e. The van der Waals surface area contributed by atoms with Gasteiger partial charge in [-0.1, -0.05) is 5.16 Å². The van der Waals surface area contributed by atoms with Crippen molar-refractivity contribution in [1.82, 2.24) is 15.0 Å². The first-order valence-corrected chi connectivity index (χ1v) is 6.95. The molecule has 18 heavy (non-hydrogen) atoms. The third kappa shape index (κ3) is 2.57. The Morgan fingerprint density at radius 2 is 2.06 bits per heavy atom. The van der Waals surface area contributed by atoms with E-state index in [-0.39, 0.29) is 0 Å². The van der Waals surface area contributed by atoms with Gasteiger partial charge in [-0.05, 0) is 39.2 Å². The van der Waals surface area contributed by atoms with Gasteiger partial charge < -0.3 is 9.26 Å². The molecular formula is C13H21N3O2. The average Bonchev–Trinajstić information content (AvgIpc) is 2.87. The summed E-state index contributed by atoms with van der Waals surface area (Å²) in [7, 11) is 0. The van der Waals surface area contributed by atoms with Crippen LogP contribution in [0.5, 0.6) is 0 Å². The van der Waals surface area contributed by atoms with Crippen molar-refractivity contribution in [2.24, 2.45) is 0 Å². The summed E-state index contributed by atoms with van der Waals surface area (Å²) in [6.07, 6.45) is 4.72. The van der Waals surface area contributed by atoms with Crippen LogP contribution in [-0.2, 0) is 4.74 Å². The molecule has 0 aliphatic carbocycles. The van der Waals surface area contributed by atoms with E-state index < -0.39 is 0 Å². The highest BCUT2D eigenvalue weighted by Gasteiger charge is 2.30. The monoisotopic (exact) mass is 251 g/mol. The number of hydrogen-bond donors (Lipinski definition) is 0. The predicted octanol–water partition coefficient (Wildman–Crippen LogP) is 1.74. The normalized spacial score (nSPS) is 27.5. The molecule has 0 bridgehead atoms. The molecule has 2 aliphatic heterocycles. The zero-order chi connectivity index (χ0) is 12.4. The first-order chi connectivity index (χ1) is 8.83. The molecule has 0 amide bonds. The summed E-state index contributed by atoms with van der Waals surface area (Å²) >= 11 is 0. The van der Waals surface area contributed by atoms with Gasteiger partial charge in [0.15, 0.2) is 5.82 Å². The first kappa shape index (κ1) is 12.1. The number of rotatable bonds is 2. The van der Waals surface area contributed by atoms with Crippen molar-refractivity contribution in [3.05, 3.63) is 11.7 Å². The van der Waals surface area contributed by atoms with E-state index in [1.807, 2.05) is 6.92 Å². The molecule has 3 rings (SSSR count). The van der Waals surface area contributed by atoms with Crippen molar-refractivity contribution < 1.29 is 9.26 Å². The Bertz CT molecular complexity index is 387. The van der Waals surface area contributed by atoms with Crippen molar-refractivity contribution in [3.8, 4) is 0 Å². The fourth-order valence-electron chi connectivity index (χ4n) is 3.07. The second-order valence-corrected chi connectivity index (χ2v) is 5.36. The van der Waals surface area contributed by atoms with Crippen LogP contribution >= 0.6 is 0 Å². The SMILES string of the molecule is Cc1noc([C@H]2CCCN(C3CCOCC3)C2)n1. The van der Waals surface area contributed by atoms with Gasteiger partial charge in [0.1, 0.15) is 0 Å². The van der Waals surface area contributed by atoms with Crippen molar-refractivity contribution in [3.63, 3.8) is 0 Å². The Balaban J connectivity index is 1.64. The summed E-state index contributed by atoms with van der Waals surface area (Å²) in [5, 5.41) is 3.90. The summed E-state index contributed by atoms with van der Waals surface area (Å²) < 4.78 is 10.8. The van der Waals surface area contributed by atoms with Crippen molar-refractivity contribution in [1.29, 1.82) is 0 Å². The third-order valence-corrected chi connectivity index (χ3v) is 4.05. The van der Waals surface area contributed by atoms with E-state index in [9.17, 15) is 0 Å². The van der Waals surface area contributed by atoms with Crippen molar-refractivity contribution in [2.75, 3.05) is 26.3 Å². The smallest absolute Gasteiger partial charge is 0.231 e. The predicted molar refractivity (Wildman–Crippen MR) is 66.4 cm³/mol. The summed E-state index contributed by atoms with van der Waals surface area (Å²) in [5.41, 5.74) is 0. The summed E-state index contributed by atoms with van der Waals surface area (Å²) in [4.78, 5) is 6.98. The maximum atomic E-state index is 5.44. The standard InChI is InChI=1S/C13H21N3O2/c1-10-14-13(18-15-10)11-3-2-6-16(9-11)12-4-7-17-8-5-12/h11-12H,2-9H2,1H3/t11-/m0/s1. The fraction of sp³-hybridized carbons (Fsp3) is 0.846. The summed E-state index contributed by atoms with van der Waals surface area (Å²) in [6.45, 7) is 5.96. The Labute approximate surface area is 107 Å².